The van der Waals surface area contributed by atoms with Gasteiger partial charge in [-0.3, -0.25) is 4.79 Å². The van der Waals surface area contributed by atoms with Gasteiger partial charge in [0.2, 0.25) is 0 Å². The number of benzene rings is 1. The number of nitrogens with two attached hydrogens (primary N) is 1. The Morgan fingerprint density at radius 3 is 2.62 bits per heavy atom. The highest BCUT2D eigenvalue weighted by Gasteiger charge is 2.20. The molecular formula is C16H23N3O2. The third-order valence-corrected chi connectivity index (χ3v) is 3.68. The summed E-state index contributed by atoms with van der Waals surface area (Å²) in [5, 5.41) is 14.4. The highest BCUT2D eigenvalue weighted by Crippen LogP contribution is 2.29. The molecule has 0 saturated carbocycles. The van der Waals surface area contributed by atoms with E-state index >= 15 is 0 Å². The summed E-state index contributed by atoms with van der Waals surface area (Å²) in [4.78, 5) is 12.7. The largest absolute Gasteiger partial charge is 0.507 e. The van der Waals surface area contributed by atoms with E-state index in [1.54, 1.807) is 4.57 Å². The van der Waals surface area contributed by atoms with Crippen LogP contribution in [0.4, 0.5) is 0 Å². The van der Waals surface area contributed by atoms with Crippen LogP contribution in [0, 0.1) is 0 Å². The van der Waals surface area contributed by atoms with E-state index in [1.807, 2.05) is 45.0 Å². The van der Waals surface area contributed by atoms with Crippen LogP contribution in [0.25, 0.3) is 10.9 Å². The lowest BCUT2D eigenvalue weighted by atomic mass is 10.0. The zero-order valence-corrected chi connectivity index (χ0v) is 12.8. The fraction of sp³-hybridized carbons (Fsp3) is 0.438. The highest BCUT2D eigenvalue weighted by atomic mass is 16.3. The summed E-state index contributed by atoms with van der Waals surface area (Å²) in [6.45, 7) is 6.83. The number of hydrogen-bond donors (Lipinski definition) is 3. The quantitative estimate of drug-likeness (QED) is 0.783. The average molecular weight is 289 g/mol. The normalized spacial score (nSPS) is 14.3. The number of nitrogens with one attached hydrogen (secondary N) is 1. The standard InChI is InChI=1S/C16H23N3O2/c1-4-19-13-8-6-5-7-12(13)15(20)14(16(19)21)11(3)18-9-10(2)17/h5-8,10-11,18,20H,4,9,17H2,1-3H3. The number of para-hydroxylation sites is 1. The first-order valence-corrected chi connectivity index (χ1v) is 7.30. The van der Waals surface area contributed by atoms with Crippen molar-refractivity contribution in [2.75, 3.05) is 6.54 Å². The Labute approximate surface area is 124 Å². The van der Waals surface area contributed by atoms with Crippen LogP contribution < -0.4 is 16.6 Å². The van der Waals surface area contributed by atoms with Gasteiger partial charge in [0.25, 0.3) is 5.56 Å². The van der Waals surface area contributed by atoms with Crippen molar-refractivity contribution in [3.63, 3.8) is 0 Å². The molecule has 2 rings (SSSR count). The minimum Gasteiger partial charge on any atom is -0.507 e. The van der Waals surface area contributed by atoms with Gasteiger partial charge in [-0.15, -0.1) is 0 Å². The molecule has 5 nitrogen and oxygen atoms in total. The highest BCUT2D eigenvalue weighted by molar-refractivity contribution is 5.86. The van der Waals surface area contributed by atoms with Crippen molar-refractivity contribution in [1.29, 1.82) is 0 Å². The molecule has 0 spiro atoms. The summed E-state index contributed by atoms with van der Waals surface area (Å²) in [6.07, 6.45) is 0. The fourth-order valence-electron chi connectivity index (χ4n) is 2.58. The smallest absolute Gasteiger partial charge is 0.259 e. The zero-order valence-electron chi connectivity index (χ0n) is 12.8. The van der Waals surface area contributed by atoms with Gasteiger partial charge in [0, 0.05) is 30.6 Å². The summed E-state index contributed by atoms with van der Waals surface area (Å²) < 4.78 is 1.69. The molecule has 0 aliphatic carbocycles. The molecule has 2 atom stereocenters. The summed E-state index contributed by atoms with van der Waals surface area (Å²) in [5.74, 6) is 0.0602. The molecule has 114 valence electrons. The van der Waals surface area contributed by atoms with E-state index < -0.39 is 0 Å². The summed E-state index contributed by atoms with van der Waals surface area (Å²) >= 11 is 0. The molecule has 1 heterocycles. The van der Waals surface area contributed by atoms with E-state index in [4.69, 9.17) is 5.73 Å². The topological polar surface area (TPSA) is 80.3 Å². The Bertz CT molecular complexity index is 692. The second-order valence-corrected chi connectivity index (χ2v) is 5.44. The minimum atomic E-state index is -0.258. The van der Waals surface area contributed by atoms with Crippen LogP contribution in [-0.2, 0) is 6.54 Å². The predicted molar refractivity (Wildman–Crippen MR) is 85.6 cm³/mol. The third kappa shape index (κ3) is 2.94. The first-order valence-electron chi connectivity index (χ1n) is 7.30. The number of nitrogens with zero attached hydrogens (tertiary/aromatic N) is 1. The van der Waals surface area contributed by atoms with Crippen LogP contribution in [0.5, 0.6) is 5.75 Å². The lowest BCUT2D eigenvalue weighted by molar-refractivity contribution is 0.448. The number of rotatable bonds is 5. The number of aromatic nitrogens is 1. The van der Waals surface area contributed by atoms with E-state index in [1.165, 1.54) is 0 Å². The SMILES string of the molecule is CCn1c(=O)c(C(C)NCC(C)N)c(O)c2ccccc21. The van der Waals surface area contributed by atoms with Crippen molar-refractivity contribution >= 4 is 10.9 Å². The van der Waals surface area contributed by atoms with Gasteiger partial charge in [-0.1, -0.05) is 12.1 Å². The second-order valence-electron chi connectivity index (χ2n) is 5.44. The molecule has 2 unspecified atom stereocenters. The molecule has 0 aliphatic rings. The van der Waals surface area contributed by atoms with Gasteiger partial charge in [-0.2, -0.15) is 0 Å². The molecule has 4 N–H and O–H groups in total. The molecule has 1 aromatic carbocycles. The van der Waals surface area contributed by atoms with Crippen LogP contribution in [-0.4, -0.2) is 22.3 Å². The van der Waals surface area contributed by atoms with Crippen LogP contribution >= 0.6 is 0 Å². The molecule has 0 amide bonds. The van der Waals surface area contributed by atoms with Gasteiger partial charge in [0.05, 0.1) is 11.1 Å². The van der Waals surface area contributed by atoms with E-state index in [9.17, 15) is 9.90 Å². The molecule has 0 radical (unpaired) electrons. The van der Waals surface area contributed by atoms with E-state index in [0.717, 1.165) is 5.52 Å². The van der Waals surface area contributed by atoms with Crippen LogP contribution in [0.2, 0.25) is 0 Å². The van der Waals surface area contributed by atoms with E-state index in [2.05, 4.69) is 5.32 Å². The van der Waals surface area contributed by atoms with Gasteiger partial charge in [0.15, 0.2) is 0 Å². The molecule has 0 bridgehead atoms. The molecule has 0 saturated heterocycles. The van der Waals surface area contributed by atoms with Gasteiger partial charge >= 0.3 is 0 Å². The van der Waals surface area contributed by atoms with Crippen LogP contribution in [0.3, 0.4) is 0 Å². The Morgan fingerprint density at radius 2 is 2.00 bits per heavy atom. The monoisotopic (exact) mass is 289 g/mol. The lowest BCUT2D eigenvalue weighted by Gasteiger charge is -2.19. The Morgan fingerprint density at radius 1 is 1.33 bits per heavy atom. The molecule has 0 fully saturated rings. The fourth-order valence-corrected chi connectivity index (χ4v) is 2.58. The zero-order chi connectivity index (χ0) is 15.6. The van der Waals surface area contributed by atoms with E-state index in [-0.39, 0.29) is 23.4 Å². The van der Waals surface area contributed by atoms with Crippen molar-refractivity contribution in [1.82, 2.24) is 9.88 Å². The first-order chi connectivity index (χ1) is 9.97. The molecule has 0 aliphatic heterocycles. The number of fused-ring (bicyclic) bond motifs is 1. The maximum absolute atomic E-state index is 12.7. The van der Waals surface area contributed by atoms with Crippen molar-refractivity contribution in [3.05, 3.63) is 40.2 Å². The van der Waals surface area contributed by atoms with Gasteiger partial charge < -0.3 is 20.7 Å². The number of aromatic hydroxyl groups is 1. The first kappa shape index (κ1) is 15.5. The number of aryl methyl sites for hydroxylation is 1. The maximum Gasteiger partial charge on any atom is 0.259 e. The number of hydrogen-bond acceptors (Lipinski definition) is 4. The minimum absolute atomic E-state index is 0.0107. The third-order valence-electron chi connectivity index (χ3n) is 3.68. The van der Waals surface area contributed by atoms with Crippen LogP contribution in [0.15, 0.2) is 29.1 Å². The van der Waals surface area contributed by atoms with Gasteiger partial charge in [0.1, 0.15) is 5.75 Å². The molecule has 21 heavy (non-hydrogen) atoms. The van der Waals surface area contributed by atoms with Crippen LogP contribution in [0.1, 0.15) is 32.4 Å². The van der Waals surface area contributed by atoms with Crippen molar-refractivity contribution < 1.29 is 5.11 Å². The van der Waals surface area contributed by atoms with E-state index in [0.29, 0.717) is 24.0 Å². The second kappa shape index (κ2) is 6.28. The Kier molecular flexibility index (Phi) is 4.65. The Hall–Kier alpha value is -1.85. The van der Waals surface area contributed by atoms with Crippen molar-refractivity contribution in [3.8, 4) is 5.75 Å². The van der Waals surface area contributed by atoms with Crippen molar-refractivity contribution in [2.24, 2.45) is 5.73 Å². The molecule has 1 aromatic heterocycles. The Balaban J connectivity index is 2.61. The summed E-state index contributed by atoms with van der Waals surface area (Å²) in [6, 6.07) is 7.14. The molecular weight excluding hydrogens is 266 g/mol. The summed E-state index contributed by atoms with van der Waals surface area (Å²) in [7, 11) is 0. The average Bonchev–Trinajstić information content (AvgIpc) is 2.46. The molecule has 2 aromatic rings. The van der Waals surface area contributed by atoms with Gasteiger partial charge in [-0.25, -0.2) is 0 Å². The summed E-state index contributed by atoms with van der Waals surface area (Å²) in [5.41, 5.74) is 6.73. The van der Waals surface area contributed by atoms with Gasteiger partial charge in [-0.05, 0) is 32.9 Å². The number of pyridine rings is 1. The maximum atomic E-state index is 12.7. The predicted octanol–water partition coefficient (Wildman–Crippen LogP) is 1.72. The molecule has 5 heteroatoms. The van der Waals surface area contributed by atoms with Crippen molar-refractivity contribution in [2.45, 2.75) is 39.4 Å². The lowest BCUT2D eigenvalue weighted by Crippen LogP contribution is -2.36.